The molecule has 0 aromatic rings. The van der Waals surface area contributed by atoms with Gasteiger partial charge in [0.2, 0.25) is 0 Å². The molecule has 0 aliphatic rings. The summed E-state index contributed by atoms with van der Waals surface area (Å²) in [6, 6.07) is 0. The molecule has 76 valence electrons. The molecule has 1 atom stereocenters. The van der Waals surface area contributed by atoms with Gasteiger partial charge in [-0.1, -0.05) is 6.92 Å². The molecule has 3 N–H and O–H groups in total. The molecule has 4 nitrogen and oxygen atoms in total. The van der Waals surface area contributed by atoms with Crippen LogP contribution in [0.1, 0.15) is 6.92 Å². The zero-order valence-electron chi connectivity index (χ0n) is 8.77. The number of likely N-dealkylation sites (N-methyl/N-ethyl adjacent to an activating group) is 1. The van der Waals surface area contributed by atoms with E-state index in [9.17, 15) is 4.79 Å². The maximum absolute atomic E-state index is 10.7. The van der Waals surface area contributed by atoms with Gasteiger partial charge in [0.15, 0.2) is 6.29 Å². The average Bonchev–Trinajstić information content (AvgIpc) is 2.14. The van der Waals surface area contributed by atoms with Crippen LogP contribution in [0, 0.1) is 5.92 Å². The molecule has 0 heterocycles. The minimum Gasteiger partial charge on any atom is -0.389 e. The van der Waals surface area contributed by atoms with Crippen molar-refractivity contribution in [3.8, 4) is 0 Å². The molecule has 0 saturated heterocycles. The first-order valence-electron chi connectivity index (χ1n) is 4.40. The molecule has 1 unspecified atom stereocenters. The van der Waals surface area contributed by atoms with Crippen molar-refractivity contribution in [1.82, 2.24) is 16.0 Å². The molecular weight excluding hydrogens is 166 g/mol. The molecule has 0 radical (unpaired) electrons. The van der Waals surface area contributed by atoms with Crippen LogP contribution in [0.3, 0.4) is 0 Å². The lowest BCUT2D eigenvalue weighted by atomic mass is 10.1. The van der Waals surface area contributed by atoms with E-state index in [1.807, 2.05) is 14.1 Å². The predicted octanol–water partition coefficient (Wildman–Crippen LogP) is -0.309. The Morgan fingerprint density at radius 3 is 2.23 bits per heavy atom. The molecular formula is C9H19N3O. The van der Waals surface area contributed by atoms with Crippen LogP contribution in [0.2, 0.25) is 0 Å². The lowest BCUT2D eigenvalue weighted by Gasteiger charge is -2.17. The quantitative estimate of drug-likeness (QED) is 0.392. The van der Waals surface area contributed by atoms with Crippen molar-refractivity contribution in [3.63, 3.8) is 0 Å². The van der Waals surface area contributed by atoms with Crippen molar-refractivity contribution in [3.05, 3.63) is 11.4 Å². The van der Waals surface area contributed by atoms with Gasteiger partial charge in [0.25, 0.3) is 0 Å². The third-order valence-corrected chi connectivity index (χ3v) is 1.95. The zero-order chi connectivity index (χ0) is 10.3. The largest absolute Gasteiger partial charge is 0.389 e. The summed E-state index contributed by atoms with van der Waals surface area (Å²) in [4.78, 5) is 10.7. The first-order chi connectivity index (χ1) is 6.21. The summed E-state index contributed by atoms with van der Waals surface area (Å²) in [7, 11) is 5.46. The number of hydrogen-bond donors (Lipinski definition) is 3. The number of carbonyl (C=O) groups is 1. The summed E-state index contributed by atoms with van der Waals surface area (Å²) in [6.45, 7) is 2.90. The van der Waals surface area contributed by atoms with Crippen molar-refractivity contribution >= 4 is 6.29 Å². The van der Waals surface area contributed by atoms with Gasteiger partial charge >= 0.3 is 0 Å². The number of aldehydes is 1. The molecule has 13 heavy (non-hydrogen) atoms. The van der Waals surface area contributed by atoms with E-state index in [-0.39, 0.29) is 0 Å². The highest BCUT2D eigenvalue weighted by Gasteiger charge is 2.10. The van der Waals surface area contributed by atoms with Crippen LogP contribution in [0.25, 0.3) is 0 Å². The molecule has 4 heteroatoms. The van der Waals surface area contributed by atoms with Gasteiger partial charge in [-0.05, 0) is 7.05 Å². The van der Waals surface area contributed by atoms with Gasteiger partial charge in [0, 0.05) is 32.3 Å². The van der Waals surface area contributed by atoms with Gasteiger partial charge in [0.1, 0.15) is 0 Å². The lowest BCUT2D eigenvalue weighted by Crippen LogP contribution is -2.28. The Balaban J connectivity index is 4.62. The average molecular weight is 185 g/mol. The van der Waals surface area contributed by atoms with E-state index in [0.717, 1.165) is 18.5 Å². The maximum atomic E-state index is 10.7. The van der Waals surface area contributed by atoms with Crippen molar-refractivity contribution in [2.75, 3.05) is 27.7 Å². The van der Waals surface area contributed by atoms with Gasteiger partial charge in [-0.3, -0.25) is 4.79 Å². The van der Waals surface area contributed by atoms with Crippen LogP contribution >= 0.6 is 0 Å². The molecule has 0 fully saturated rings. The smallest absolute Gasteiger partial charge is 0.167 e. The standard InChI is InChI=1S/C9H19N3O/c1-7(5-10-2)9(12-4)8(6-13)11-3/h6-7,10-12H,5H2,1-4H3/b9-8+. The van der Waals surface area contributed by atoms with Crippen LogP contribution in [0.5, 0.6) is 0 Å². The van der Waals surface area contributed by atoms with Crippen molar-refractivity contribution in [1.29, 1.82) is 0 Å². The Labute approximate surface area is 79.8 Å². The van der Waals surface area contributed by atoms with Gasteiger partial charge in [-0.15, -0.1) is 0 Å². The van der Waals surface area contributed by atoms with E-state index in [1.165, 1.54) is 0 Å². The SMILES string of the molecule is CNCC(C)/C(NC)=C(/C=O)NC. The fourth-order valence-electron chi connectivity index (χ4n) is 1.31. The second kappa shape index (κ2) is 6.48. The molecule has 0 amide bonds. The summed E-state index contributed by atoms with van der Waals surface area (Å²) in [5.41, 5.74) is 1.55. The summed E-state index contributed by atoms with van der Waals surface area (Å²) in [5, 5.41) is 8.97. The van der Waals surface area contributed by atoms with Crippen LogP contribution in [0.4, 0.5) is 0 Å². The molecule has 0 aromatic carbocycles. The third kappa shape index (κ3) is 3.46. The fourth-order valence-corrected chi connectivity index (χ4v) is 1.31. The van der Waals surface area contributed by atoms with E-state index in [2.05, 4.69) is 22.9 Å². The van der Waals surface area contributed by atoms with E-state index >= 15 is 0 Å². The third-order valence-electron chi connectivity index (χ3n) is 1.95. The minimum atomic E-state index is 0.294. The first kappa shape index (κ1) is 12.0. The molecule has 0 saturated carbocycles. The van der Waals surface area contributed by atoms with E-state index in [0.29, 0.717) is 11.6 Å². The monoisotopic (exact) mass is 185 g/mol. The van der Waals surface area contributed by atoms with Gasteiger partial charge in [-0.2, -0.15) is 0 Å². The van der Waals surface area contributed by atoms with Crippen LogP contribution in [0.15, 0.2) is 11.4 Å². The summed E-state index contributed by atoms with van der Waals surface area (Å²) < 4.78 is 0. The predicted molar refractivity (Wildman–Crippen MR) is 54.3 cm³/mol. The Bertz CT molecular complexity index is 189. The molecule has 0 spiro atoms. The van der Waals surface area contributed by atoms with Gasteiger partial charge in [-0.25, -0.2) is 0 Å². The number of allylic oxidation sites excluding steroid dienone is 1. The van der Waals surface area contributed by atoms with Crippen molar-refractivity contribution < 1.29 is 4.79 Å². The zero-order valence-corrected chi connectivity index (χ0v) is 8.77. The second-order valence-corrected chi connectivity index (χ2v) is 2.90. The molecule has 0 bridgehead atoms. The molecule has 0 aliphatic carbocycles. The van der Waals surface area contributed by atoms with Crippen LogP contribution < -0.4 is 16.0 Å². The maximum Gasteiger partial charge on any atom is 0.167 e. The highest BCUT2D eigenvalue weighted by molar-refractivity contribution is 5.73. The first-order valence-corrected chi connectivity index (χ1v) is 4.40. The summed E-state index contributed by atoms with van der Waals surface area (Å²) in [6.07, 6.45) is 0.831. The van der Waals surface area contributed by atoms with E-state index in [4.69, 9.17) is 0 Å². The Kier molecular flexibility index (Phi) is 5.97. The molecule has 0 aromatic heterocycles. The lowest BCUT2D eigenvalue weighted by molar-refractivity contribution is -0.105. The molecule has 0 rings (SSSR count). The summed E-state index contributed by atoms with van der Waals surface area (Å²) >= 11 is 0. The fraction of sp³-hybridized carbons (Fsp3) is 0.667. The highest BCUT2D eigenvalue weighted by atomic mass is 16.1. The van der Waals surface area contributed by atoms with Gasteiger partial charge in [0.05, 0.1) is 5.70 Å². The van der Waals surface area contributed by atoms with Crippen LogP contribution in [-0.4, -0.2) is 34.0 Å². The molecule has 0 aliphatic heterocycles. The topological polar surface area (TPSA) is 53.2 Å². The van der Waals surface area contributed by atoms with Crippen molar-refractivity contribution in [2.24, 2.45) is 5.92 Å². The normalized spacial score (nSPS) is 14.5. The Hall–Kier alpha value is -1.03. The van der Waals surface area contributed by atoms with Crippen LogP contribution in [-0.2, 0) is 4.79 Å². The van der Waals surface area contributed by atoms with Crippen molar-refractivity contribution in [2.45, 2.75) is 6.92 Å². The van der Waals surface area contributed by atoms with E-state index < -0.39 is 0 Å². The van der Waals surface area contributed by atoms with Gasteiger partial charge < -0.3 is 16.0 Å². The number of nitrogens with one attached hydrogen (secondary N) is 3. The highest BCUT2D eigenvalue weighted by Crippen LogP contribution is 2.07. The second-order valence-electron chi connectivity index (χ2n) is 2.90. The minimum absolute atomic E-state index is 0.294. The Morgan fingerprint density at radius 1 is 1.31 bits per heavy atom. The number of rotatable bonds is 6. The number of carbonyl (C=O) groups excluding carboxylic acids is 1. The number of hydrogen-bond acceptors (Lipinski definition) is 4. The Morgan fingerprint density at radius 2 is 1.92 bits per heavy atom. The van der Waals surface area contributed by atoms with E-state index in [1.54, 1.807) is 7.05 Å². The summed E-state index contributed by atoms with van der Waals surface area (Å²) in [5.74, 6) is 0.294.